The Kier molecular flexibility index (Phi) is 7.62. The molecule has 0 aliphatic carbocycles. The molecule has 0 aliphatic rings. The number of benzene rings is 3. The normalized spacial score (nSPS) is 12.1. The van der Waals surface area contributed by atoms with Gasteiger partial charge in [-0.25, -0.2) is 0 Å². The summed E-state index contributed by atoms with van der Waals surface area (Å²) in [6.45, 7) is 12.3. The molecule has 3 rings (SSSR count). The lowest BCUT2D eigenvalue weighted by Gasteiger charge is -2.30. The van der Waals surface area contributed by atoms with Crippen LogP contribution >= 0.6 is 7.92 Å². The molecule has 0 spiro atoms. The Morgan fingerprint density at radius 2 is 1.03 bits per heavy atom. The zero-order valence-corrected chi connectivity index (χ0v) is 23.1. The van der Waals surface area contributed by atoms with Gasteiger partial charge in [-0.15, -0.1) is 0 Å². The average molecular weight is 497 g/mol. The van der Waals surface area contributed by atoms with E-state index in [0.29, 0.717) is 27.9 Å². The highest BCUT2D eigenvalue weighted by Gasteiger charge is 2.32. The van der Waals surface area contributed by atoms with E-state index in [1.165, 1.54) is 0 Å². The molecule has 188 valence electrons. The van der Waals surface area contributed by atoms with Gasteiger partial charge in [0.25, 0.3) is 0 Å². The van der Waals surface area contributed by atoms with Crippen LogP contribution in [0.15, 0.2) is 48.5 Å². The summed E-state index contributed by atoms with van der Waals surface area (Å²) in [5.41, 5.74) is 0.880. The summed E-state index contributed by atoms with van der Waals surface area (Å²) in [6.07, 6.45) is 0. The number of phenolic OH excluding ortho intramolecular Hbond substituents is 2. The predicted molar refractivity (Wildman–Crippen MR) is 146 cm³/mol. The van der Waals surface area contributed by atoms with Gasteiger partial charge in [-0.1, -0.05) is 59.7 Å². The van der Waals surface area contributed by atoms with Crippen molar-refractivity contribution in [3.63, 3.8) is 0 Å². The minimum Gasteiger partial charge on any atom is -0.507 e. The summed E-state index contributed by atoms with van der Waals surface area (Å²) < 4.78 is 17.1. The number of hydrogen-bond donors (Lipinski definition) is 2. The van der Waals surface area contributed by atoms with E-state index in [4.69, 9.17) is 14.2 Å². The fraction of sp³-hybridized carbons (Fsp3) is 0.379. The number of para-hydroxylation sites is 1. The Morgan fingerprint density at radius 3 is 1.40 bits per heavy atom. The molecule has 3 aromatic carbocycles. The van der Waals surface area contributed by atoms with Crippen molar-refractivity contribution in [3.8, 4) is 28.7 Å². The summed E-state index contributed by atoms with van der Waals surface area (Å²) in [4.78, 5) is 0. The van der Waals surface area contributed by atoms with Gasteiger partial charge >= 0.3 is 0 Å². The van der Waals surface area contributed by atoms with Crippen LogP contribution in [0.5, 0.6) is 28.7 Å². The molecule has 0 atom stereocenters. The Hall–Kier alpha value is -2.91. The molecule has 35 heavy (non-hydrogen) atoms. The van der Waals surface area contributed by atoms with E-state index in [2.05, 4.69) is 41.5 Å². The number of rotatable bonds is 6. The quantitative estimate of drug-likeness (QED) is 0.443. The molecule has 0 radical (unpaired) electrons. The van der Waals surface area contributed by atoms with Gasteiger partial charge in [0.15, 0.2) is 0 Å². The smallest absolute Gasteiger partial charge is 0.127 e. The molecule has 0 heterocycles. The highest BCUT2D eigenvalue weighted by Crippen LogP contribution is 2.48. The molecule has 0 amide bonds. The summed E-state index contributed by atoms with van der Waals surface area (Å²) in [5, 5.41) is 25.5. The van der Waals surface area contributed by atoms with Crippen molar-refractivity contribution >= 4 is 23.8 Å². The van der Waals surface area contributed by atoms with Gasteiger partial charge in [0.1, 0.15) is 28.7 Å². The standard InChI is InChI=1S/C29H37O5P/c1-28(2,3)20-14-18(32-7)16-24(26(20)30)35(23-13-11-10-12-22(23)34-9)25-17-19(33-8)15-21(27(25)31)29(4,5)6/h10-17,30-31H,1-9H3. The monoisotopic (exact) mass is 496 g/mol. The third-order valence-electron chi connectivity index (χ3n) is 6.02. The summed E-state index contributed by atoms with van der Waals surface area (Å²) in [5.74, 6) is 2.34. The molecule has 0 unspecified atom stereocenters. The van der Waals surface area contributed by atoms with Gasteiger partial charge in [-0.3, -0.25) is 0 Å². The topological polar surface area (TPSA) is 68.2 Å². The van der Waals surface area contributed by atoms with Gasteiger partial charge in [-0.2, -0.15) is 0 Å². The fourth-order valence-electron chi connectivity index (χ4n) is 4.11. The summed E-state index contributed by atoms with van der Waals surface area (Å²) in [6, 6.07) is 15.2. The molecule has 0 aliphatic heterocycles. The first kappa shape index (κ1) is 26.7. The van der Waals surface area contributed by atoms with E-state index < -0.39 is 7.92 Å². The Labute approximate surface area is 210 Å². The highest BCUT2D eigenvalue weighted by atomic mass is 31.1. The molecule has 6 heteroatoms. The van der Waals surface area contributed by atoms with E-state index in [1.807, 2.05) is 48.5 Å². The molecule has 0 bridgehead atoms. The van der Waals surface area contributed by atoms with Gasteiger partial charge < -0.3 is 24.4 Å². The van der Waals surface area contributed by atoms with Crippen LogP contribution in [0.2, 0.25) is 0 Å². The fourth-order valence-corrected chi connectivity index (χ4v) is 6.69. The molecule has 0 saturated heterocycles. The zero-order valence-electron chi connectivity index (χ0n) is 22.2. The van der Waals surface area contributed by atoms with Crippen LogP contribution in [0.3, 0.4) is 0 Å². The zero-order chi connectivity index (χ0) is 26.1. The first-order chi connectivity index (χ1) is 16.3. The number of hydrogen-bond acceptors (Lipinski definition) is 5. The number of methoxy groups -OCH3 is 3. The Balaban J connectivity index is 2.50. The average Bonchev–Trinajstić information content (AvgIpc) is 2.80. The van der Waals surface area contributed by atoms with Crippen molar-refractivity contribution in [2.45, 2.75) is 52.4 Å². The maximum atomic E-state index is 11.7. The predicted octanol–water partition coefficient (Wildman–Crippen LogP) is 5.48. The highest BCUT2D eigenvalue weighted by molar-refractivity contribution is 7.80. The van der Waals surface area contributed by atoms with E-state index >= 15 is 0 Å². The molecular formula is C29H37O5P. The second kappa shape index (κ2) is 9.99. The third kappa shape index (κ3) is 5.36. The Morgan fingerprint density at radius 1 is 0.600 bits per heavy atom. The SMILES string of the molecule is COc1cc(P(c2ccccc2OC)c2cc(OC)cc(C(C)(C)C)c2O)c(O)c(C(C)(C)C)c1. The van der Waals surface area contributed by atoms with Crippen molar-refractivity contribution in [1.82, 2.24) is 0 Å². The second-order valence-corrected chi connectivity index (χ2v) is 12.7. The molecule has 0 fully saturated rings. The van der Waals surface area contributed by atoms with Crippen LogP contribution in [0.4, 0.5) is 0 Å². The van der Waals surface area contributed by atoms with E-state index in [0.717, 1.165) is 16.4 Å². The number of phenols is 2. The third-order valence-corrected chi connectivity index (χ3v) is 8.52. The Bertz CT molecular complexity index is 1130. The van der Waals surface area contributed by atoms with Crippen molar-refractivity contribution in [2.75, 3.05) is 21.3 Å². The number of aromatic hydroxyl groups is 2. The first-order valence-corrected chi connectivity index (χ1v) is 12.9. The van der Waals surface area contributed by atoms with Crippen molar-refractivity contribution in [2.24, 2.45) is 0 Å². The van der Waals surface area contributed by atoms with Gasteiger partial charge in [0.05, 0.1) is 21.3 Å². The van der Waals surface area contributed by atoms with E-state index in [9.17, 15) is 10.2 Å². The molecule has 5 nitrogen and oxygen atoms in total. The maximum Gasteiger partial charge on any atom is 0.127 e. The summed E-state index contributed by atoms with van der Waals surface area (Å²) in [7, 11) is 3.40. The van der Waals surface area contributed by atoms with Gasteiger partial charge in [0.2, 0.25) is 0 Å². The van der Waals surface area contributed by atoms with Crippen molar-refractivity contribution < 1.29 is 24.4 Å². The van der Waals surface area contributed by atoms with E-state index in [-0.39, 0.29) is 22.3 Å². The molecular weight excluding hydrogens is 459 g/mol. The van der Waals surface area contributed by atoms with Crippen LogP contribution in [-0.4, -0.2) is 31.5 Å². The van der Waals surface area contributed by atoms with Crippen molar-refractivity contribution in [3.05, 3.63) is 59.7 Å². The lowest BCUT2D eigenvalue weighted by Crippen LogP contribution is -2.26. The molecule has 3 aromatic rings. The van der Waals surface area contributed by atoms with Gasteiger partial charge in [0, 0.05) is 27.0 Å². The van der Waals surface area contributed by atoms with Gasteiger partial charge in [-0.05, 0) is 49.1 Å². The summed E-state index contributed by atoms with van der Waals surface area (Å²) >= 11 is 0. The lowest BCUT2D eigenvalue weighted by atomic mass is 9.86. The first-order valence-electron chi connectivity index (χ1n) is 11.6. The molecule has 0 aromatic heterocycles. The molecule has 2 N–H and O–H groups in total. The van der Waals surface area contributed by atoms with Crippen LogP contribution in [-0.2, 0) is 10.8 Å². The minimum absolute atomic E-state index is 0.190. The molecule has 0 saturated carbocycles. The van der Waals surface area contributed by atoms with E-state index in [1.54, 1.807) is 21.3 Å². The second-order valence-electron chi connectivity index (χ2n) is 10.6. The van der Waals surface area contributed by atoms with Crippen LogP contribution in [0.25, 0.3) is 0 Å². The largest absolute Gasteiger partial charge is 0.507 e. The maximum absolute atomic E-state index is 11.7. The lowest BCUT2D eigenvalue weighted by molar-refractivity contribution is 0.407. The van der Waals surface area contributed by atoms with Crippen LogP contribution < -0.4 is 30.1 Å². The van der Waals surface area contributed by atoms with Crippen molar-refractivity contribution in [1.29, 1.82) is 0 Å². The van der Waals surface area contributed by atoms with Crippen LogP contribution in [0, 0.1) is 0 Å². The van der Waals surface area contributed by atoms with Crippen LogP contribution in [0.1, 0.15) is 52.7 Å². The number of ether oxygens (including phenoxy) is 3. The minimum atomic E-state index is -1.47.